The smallest absolute Gasteiger partial charge is 0.0663 e. The van der Waals surface area contributed by atoms with Gasteiger partial charge in [-0.1, -0.05) is 19.3 Å². The summed E-state index contributed by atoms with van der Waals surface area (Å²) in [5.74, 6) is 1.39. The molecule has 1 aromatic heterocycles. The number of aromatic nitrogens is 1. The monoisotopic (exact) mass is 216 g/mol. The summed E-state index contributed by atoms with van der Waals surface area (Å²) in [6.07, 6.45) is 11.3. The number of rotatable bonds is 2. The largest absolute Gasteiger partial charge is 0.397 e. The lowest BCUT2D eigenvalue weighted by Gasteiger charge is -2.22. The molecule has 2 fully saturated rings. The van der Waals surface area contributed by atoms with Gasteiger partial charge >= 0.3 is 0 Å². The fourth-order valence-electron chi connectivity index (χ4n) is 2.87. The van der Waals surface area contributed by atoms with Crippen LogP contribution in [0, 0.1) is 0 Å². The highest BCUT2D eigenvalue weighted by Crippen LogP contribution is 2.42. The van der Waals surface area contributed by atoms with E-state index < -0.39 is 0 Å². The Kier molecular flexibility index (Phi) is 2.58. The van der Waals surface area contributed by atoms with Gasteiger partial charge in [0.2, 0.25) is 0 Å². The van der Waals surface area contributed by atoms with E-state index in [4.69, 9.17) is 5.73 Å². The number of hydrogen-bond donors (Lipinski definition) is 1. The van der Waals surface area contributed by atoms with Crippen LogP contribution in [0.3, 0.4) is 0 Å². The number of anilines is 1. The van der Waals surface area contributed by atoms with Gasteiger partial charge in [0.05, 0.1) is 11.4 Å². The van der Waals surface area contributed by atoms with E-state index in [9.17, 15) is 0 Å². The van der Waals surface area contributed by atoms with Gasteiger partial charge in [-0.25, -0.2) is 0 Å². The van der Waals surface area contributed by atoms with Gasteiger partial charge in [-0.15, -0.1) is 0 Å². The third-order valence-electron chi connectivity index (χ3n) is 4.01. The zero-order chi connectivity index (χ0) is 11.0. The van der Waals surface area contributed by atoms with Gasteiger partial charge in [0.15, 0.2) is 0 Å². The Morgan fingerprint density at radius 1 is 1.00 bits per heavy atom. The van der Waals surface area contributed by atoms with Crippen molar-refractivity contribution in [1.82, 2.24) is 4.98 Å². The van der Waals surface area contributed by atoms with Crippen LogP contribution in [0.4, 0.5) is 5.69 Å². The number of nitrogen functional groups attached to an aromatic ring is 1. The molecule has 2 nitrogen and oxygen atoms in total. The fourth-order valence-corrected chi connectivity index (χ4v) is 2.87. The highest BCUT2D eigenvalue weighted by atomic mass is 14.7. The van der Waals surface area contributed by atoms with Crippen LogP contribution in [-0.4, -0.2) is 4.98 Å². The van der Waals surface area contributed by atoms with Crippen molar-refractivity contribution in [3.63, 3.8) is 0 Å². The second-order valence-electron chi connectivity index (χ2n) is 5.35. The van der Waals surface area contributed by atoms with Gasteiger partial charge in [-0.2, -0.15) is 0 Å². The maximum atomic E-state index is 6.16. The van der Waals surface area contributed by atoms with Gasteiger partial charge in [0, 0.05) is 12.1 Å². The van der Waals surface area contributed by atoms with Crippen LogP contribution in [0.15, 0.2) is 12.3 Å². The second kappa shape index (κ2) is 4.08. The lowest BCUT2D eigenvalue weighted by molar-refractivity contribution is 0.437. The molecule has 0 radical (unpaired) electrons. The van der Waals surface area contributed by atoms with E-state index in [-0.39, 0.29) is 0 Å². The van der Waals surface area contributed by atoms with E-state index in [0.29, 0.717) is 5.92 Å². The van der Waals surface area contributed by atoms with Crippen molar-refractivity contribution in [3.8, 4) is 0 Å². The molecule has 2 aliphatic carbocycles. The van der Waals surface area contributed by atoms with Crippen molar-refractivity contribution in [3.05, 3.63) is 23.5 Å². The molecule has 0 spiro atoms. The Balaban J connectivity index is 1.83. The van der Waals surface area contributed by atoms with Crippen LogP contribution in [0.25, 0.3) is 0 Å². The summed E-state index contributed by atoms with van der Waals surface area (Å²) in [4.78, 5) is 4.64. The Morgan fingerprint density at radius 3 is 2.38 bits per heavy atom. The average molecular weight is 216 g/mol. The molecule has 86 valence electrons. The summed E-state index contributed by atoms with van der Waals surface area (Å²) in [7, 11) is 0. The summed E-state index contributed by atoms with van der Waals surface area (Å²) in [6.45, 7) is 0. The lowest BCUT2D eigenvalue weighted by atomic mass is 9.86. The molecule has 0 aliphatic heterocycles. The first-order valence-corrected chi connectivity index (χ1v) is 6.60. The van der Waals surface area contributed by atoms with Crippen molar-refractivity contribution in [2.24, 2.45) is 0 Å². The zero-order valence-corrected chi connectivity index (χ0v) is 9.78. The minimum absolute atomic E-state index is 0.627. The minimum atomic E-state index is 0.627. The Hall–Kier alpha value is -1.05. The molecule has 0 unspecified atom stereocenters. The Labute approximate surface area is 97.3 Å². The quantitative estimate of drug-likeness (QED) is 0.820. The molecule has 3 rings (SSSR count). The van der Waals surface area contributed by atoms with Crippen molar-refractivity contribution in [2.75, 3.05) is 5.73 Å². The summed E-state index contributed by atoms with van der Waals surface area (Å²) in [5.41, 5.74) is 9.63. The van der Waals surface area contributed by atoms with Crippen molar-refractivity contribution < 1.29 is 0 Å². The van der Waals surface area contributed by atoms with E-state index in [1.807, 2.05) is 0 Å². The van der Waals surface area contributed by atoms with Gasteiger partial charge in [-0.05, 0) is 43.2 Å². The van der Waals surface area contributed by atoms with Crippen molar-refractivity contribution in [2.45, 2.75) is 56.8 Å². The predicted octanol–water partition coefficient (Wildman–Crippen LogP) is 3.59. The zero-order valence-electron chi connectivity index (χ0n) is 9.78. The van der Waals surface area contributed by atoms with Crippen molar-refractivity contribution >= 4 is 5.69 Å². The molecule has 0 bridgehead atoms. The normalized spacial score (nSPS) is 22.2. The Bertz CT molecular complexity index is 376. The number of pyridine rings is 1. The molecule has 0 amide bonds. The van der Waals surface area contributed by atoms with Crippen LogP contribution in [0.5, 0.6) is 0 Å². The molecule has 0 aromatic carbocycles. The summed E-state index contributed by atoms with van der Waals surface area (Å²) < 4.78 is 0. The summed E-state index contributed by atoms with van der Waals surface area (Å²) in [6, 6.07) is 2.18. The van der Waals surface area contributed by atoms with E-state index in [1.54, 1.807) is 0 Å². The minimum Gasteiger partial charge on any atom is -0.397 e. The van der Waals surface area contributed by atoms with E-state index in [0.717, 1.165) is 11.6 Å². The van der Waals surface area contributed by atoms with E-state index >= 15 is 0 Å². The topological polar surface area (TPSA) is 38.9 Å². The first-order chi connectivity index (χ1) is 7.84. The number of nitrogens with zero attached hydrogens (tertiary/aromatic N) is 1. The van der Waals surface area contributed by atoms with Gasteiger partial charge < -0.3 is 5.73 Å². The van der Waals surface area contributed by atoms with Crippen molar-refractivity contribution in [1.29, 1.82) is 0 Å². The van der Waals surface area contributed by atoms with Crippen LogP contribution in [0.1, 0.15) is 68.0 Å². The maximum absolute atomic E-state index is 6.16. The SMILES string of the molecule is Nc1cc(C2CC2)cnc1C1CCCCC1. The first-order valence-electron chi connectivity index (χ1n) is 6.60. The third kappa shape index (κ3) is 1.93. The highest BCUT2D eigenvalue weighted by molar-refractivity contribution is 5.48. The van der Waals surface area contributed by atoms with Crippen LogP contribution >= 0.6 is 0 Å². The second-order valence-corrected chi connectivity index (χ2v) is 5.35. The van der Waals surface area contributed by atoms with E-state index in [1.165, 1.54) is 56.2 Å². The van der Waals surface area contributed by atoms with E-state index in [2.05, 4.69) is 17.2 Å². The number of nitrogens with two attached hydrogens (primary N) is 1. The van der Waals surface area contributed by atoms with Gasteiger partial charge in [0.1, 0.15) is 0 Å². The molecule has 2 aliphatic rings. The molecule has 0 atom stereocenters. The molecular weight excluding hydrogens is 196 g/mol. The van der Waals surface area contributed by atoms with Crippen LogP contribution < -0.4 is 5.73 Å². The first kappa shape index (κ1) is 10.1. The molecule has 2 N–H and O–H groups in total. The highest BCUT2D eigenvalue weighted by Gasteiger charge is 2.25. The molecule has 2 saturated carbocycles. The standard InChI is InChI=1S/C14H20N2/c15-13-8-12(10-6-7-10)9-16-14(13)11-4-2-1-3-5-11/h8-11H,1-7,15H2. The fraction of sp³-hybridized carbons (Fsp3) is 0.643. The molecule has 2 heteroatoms. The molecular formula is C14H20N2. The number of hydrogen-bond acceptors (Lipinski definition) is 2. The van der Waals surface area contributed by atoms with Crippen LogP contribution in [0.2, 0.25) is 0 Å². The Morgan fingerprint density at radius 2 is 1.75 bits per heavy atom. The lowest BCUT2D eigenvalue weighted by Crippen LogP contribution is -2.09. The van der Waals surface area contributed by atoms with Gasteiger partial charge in [-0.3, -0.25) is 4.98 Å². The van der Waals surface area contributed by atoms with Crippen LogP contribution in [-0.2, 0) is 0 Å². The average Bonchev–Trinajstić information content (AvgIpc) is 3.14. The maximum Gasteiger partial charge on any atom is 0.0663 e. The third-order valence-corrected chi connectivity index (χ3v) is 4.01. The van der Waals surface area contributed by atoms with Gasteiger partial charge in [0.25, 0.3) is 0 Å². The molecule has 16 heavy (non-hydrogen) atoms. The molecule has 1 heterocycles. The summed E-state index contributed by atoms with van der Waals surface area (Å²) in [5, 5.41) is 0. The predicted molar refractivity (Wildman–Crippen MR) is 66.5 cm³/mol. The summed E-state index contributed by atoms with van der Waals surface area (Å²) >= 11 is 0. The molecule has 0 saturated heterocycles. The molecule has 1 aromatic rings.